The fourth-order valence-corrected chi connectivity index (χ4v) is 1.41. The summed E-state index contributed by atoms with van der Waals surface area (Å²) in [4.78, 5) is 0. The zero-order chi connectivity index (χ0) is 10.6. The third-order valence-electron chi connectivity index (χ3n) is 2.51. The lowest BCUT2D eigenvalue weighted by atomic mass is 9.96. The second-order valence-corrected chi connectivity index (χ2v) is 3.38. The standard InChI is InChI=1S/C12H15NO/c1-4-9(2)11-6-5-10(8-13)7-12(11)14-3/h5-7,9H,4H2,1-3H3. The van der Waals surface area contributed by atoms with Gasteiger partial charge in [-0.3, -0.25) is 0 Å². The Hall–Kier alpha value is -1.49. The Morgan fingerprint density at radius 3 is 2.71 bits per heavy atom. The number of rotatable bonds is 3. The van der Waals surface area contributed by atoms with E-state index in [1.165, 1.54) is 5.56 Å². The van der Waals surface area contributed by atoms with Crippen molar-refractivity contribution >= 4 is 0 Å². The molecule has 2 nitrogen and oxygen atoms in total. The summed E-state index contributed by atoms with van der Waals surface area (Å²) in [5, 5.41) is 8.74. The average Bonchev–Trinajstić information content (AvgIpc) is 2.27. The molecule has 0 aliphatic carbocycles. The number of hydrogen-bond donors (Lipinski definition) is 0. The number of nitrogens with zero attached hydrogens (tertiary/aromatic N) is 1. The second-order valence-electron chi connectivity index (χ2n) is 3.38. The first-order valence-corrected chi connectivity index (χ1v) is 4.81. The highest BCUT2D eigenvalue weighted by atomic mass is 16.5. The first kappa shape index (κ1) is 10.6. The molecule has 74 valence electrons. The fourth-order valence-electron chi connectivity index (χ4n) is 1.41. The van der Waals surface area contributed by atoms with Crippen molar-refractivity contribution in [3.8, 4) is 11.8 Å². The molecule has 0 radical (unpaired) electrons. The molecule has 0 aliphatic rings. The van der Waals surface area contributed by atoms with Crippen LogP contribution >= 0.6 is 0 Å². The van der Waals surface area contributed by atoms with Crippen LogP contribution in [0.15, 0.2) is 18.2 Å². The first-order valence-electron chi connectivity index (χ1n) is 4.81. The predicted molar refractivity (Wildman–Crippen MR) is 56.4 cm³/mol. The Labute approximate surface area is 85.1 Å². The maximum Gasteiger partial charge on any atom is 0.123 e. The molecule has 0 amide bonds. The molecule has 0 aromatic heterocycles. The minimum Gasteiger partial charge on any atom is -0.496 e. The van der Waals surface area contributed by atoms with Crippen LogP contribution < -0.4 is 4.74 Å². The van der Waals surface area contributed by atoms with Crippen molar-refractivity contribution in [2.24, 2.45) is 0 Å². The van der Waals surface area contributed by atoms with E-state index < -0.39 is 0 Å². The largest absolute Gasteiger partial charge is 0.496 e. The molecule has 0 aliphatic heterocycles. The van der Waals surface area contributed by atoms with Crippen molar-refractivity contribution in [3.63, 3.8) is 0 Å². The molecule has 0 saturated heterocycles. The smallest absolute Gasteiger partial charge is 0.123 e. The summed E-state index contributed by atoms with van der Waals surface area (Å²) in [7, 11) is 1.64. The van der Waals surface area contributed by atoms with Crippen LogP contribution in [0, 0.1) is 11.3 Å². The van der Waals surface area contributed by atoms with Crippen molar-refractivity contribution in [1.29, 1.82) is 5.26 Å². The van der Waals surface area contributed by atoms with Gasteiger partial charge in [0.25, 0.3) is 0 Å². The molecule has 1 aromatic rings. The summed E-state index contributed by atoms with van der Waals surface area (Å²) in [5.41, 5.74) is 1.82. The van der Waals surface area contributed by atoms with Crippen LogP contribution in [0.1, 0.15) is 37.3 Å². The molecule has 1 rings (SSSR count). The summed E-state index contributed by atoms with van der Waals surface area (Å²) in [6.45, 7) is 4.30. The second kappa shape index (κ2) is 4.66. The molecule has 0 spiro atoms. The van der Waals surface area contributed by atoms with Gasteiger partial charge in [0.15, 0.2) is 0 Å². The lowest BCUT2D eigenvalue weighted by molar-refractivity contribution is 0.406. The third kappa shape index (κ3) is 2.05. The lowest BCUT2D eigenvalue weighted by Gasteiger charge is -2.13. The van der Waals surface area contributed by atoms with Gasteiger partial charge in [0.1, 0.15) is 5.75 Å². The molecule has 14 heavy (non-hydrogen) atoms. The van der Waals surface area contributed by atoms with Crippen LogP contribution in [0.4, 0.5) is 0 Å². The van der Waals surface area contributed by atoms with Gasteiger partial charge in [0, 0.05) is 0 Å². The molecule has 0 fully saturated rings. The van der Waals surface area contributed by atoms with E-state index in [0.29, 0.717) is 11.5 Å². The first-order chi connectivity index (χ1) is 6.72. The maximum atomic E-state index is 8.74. The molecule has 2 heteroatoms. The van der Waals surface area contributed by atoms with E-state index in [4.69, 9.17) is 10.00 Å². The van der Waals surface area contributed by atoms with Gasteiger partial charge < -0.3 is 4.74 Å². The molecule has 1 atom stereocenters. The van der Waals surface area contributed by atoms with Crippen LogP contribution in [0.5, 0.6) is 5.75 Å². The van der Waals surface area contributed by atoms with E-state index in [1.54, 1.807) is 13.2 Å². The van der Waals surface area contributed by atoms with E-state index >= 15 is 0 Å². The lowest BCUT2D eigenvalue weighted by Crippen LogP contribution is -1.96. The van der Waals surface area contributed by atoms with Gasteiger partial charge in [-0.2, -0.15) is 5.26 Å². The van der Waals surface area contributed by atoms with Crippen molar-refractivity contribution in [1.82, 2.24) is 0 Å². The van der Waals surface area contributed by atoms with Crippen molar-refractivity contribution in [2.75, 3.05) is 7.11 Å². The predicted octanol–water partition coefficient (Wildman–Crippen LogP) is 3.08. The van der Waals surface area contributed by atoms with Crippen LogP contribution in [-0.2, 0) is 0 Å². The summed E-state index contributed by atoms with van der Waals surface area (Å²) in [5.74, 6) is 1.29. The molecule has 0 bridgehead atoms. The van der Waals surface area contributed by atoms with Gasteiger partial charge >= 0.3 is 0 Å². The Balaban J connectivity index is 3.13. The molecule has 1 unspecified atom stereocenters. The molecule has 0 saturated carbocycles. The SMILES string of the molecule is CCC(C)c1ccc(C#N)cc1OC. The number of methoxy groups -OCH3 is 1. The number of ether oxygens (including phenoxy) is 1. The van der Waals surface area contributed by atoms with Gasteiger partial charge in [-0.15, -0.1) is 0 Å². The zero-order valence-electron chi connectivity index (χ0n) is 8.87. The Morgan fingerprint density at radius 1 is 1.50 bits per heavy atom. The molecule has 0 heterocycles. The van der Waals surface area contributed by atoms with Crippen molar-refractivity contribution in [3.05, 3.63) is 29.3 Å². The van der Waals surface area contributed by atoms with E-state index in [2.05, 4.69) is 19.9 Å². The van der Waals surface area contributed by atoms with Gasteiger partial charge in [0.05, 0.1) is 18.7 Å². The van der Waals surface area contributed by atoms with E-state index in [9.17, 15) is 0 Å². The van der Waals surface area contributed by atoms with E-state index in [-0.39, 0.29) is 0 Å². The zero-order valence-corrected chi connectivity index (χ0v) is 8.87. The summed E-state index contributed by atoms with van der Waals surface area (Å²) in [6.07, 6.45) is 1.07. The number of hydrogen-bond acceptors (Lipinski definition) is 2. The topological polar surface area (TPSA) is 33.0 Å². The minimum atomic E-state index is 0.470. The van der Waals surface area contributed by atoms with Crippen molar-refractivity contribution in [2.45, 2.75) is 26.2 Å². The normalized spacial score (nSPS) is 11.9. The van der Waals surface area contributed by atoms with Crippen LogP contribution in [0.25, 0.3) is 0 Å². The average molecular weight is 189 g/mol. The summed E-state index contributed by atoms with van der Waals surface area (Å²) in [6, 6.07) is 7.71. The molecular weight excluding hydrogens is 174 g/mol. The highest BCUT2D eigenvalue weighted by Gasteiger charge is 2.09. The fraction of sp³-hybridized carbons (Fsp3) is 0.417. The van der Waals surface area contributed by atoms with Crippen LogP contribution in [-0.4, -0.2) is 7.11 Å². The Bertz CT molecular complexity index is 352. The quantitative estimate of drug-likeness (QED) is 0.732. The summed E-state index contributed by atoms with van der Waals surface area (Å²) >= 11 is 0. The van der Waals surface area contributed by atoms with Crippen LogP contribution in [0.3, 0.4) is 0 Å². The van der Waals surface area contributed by atoms with Gasteiger partial charge in [-0.1, -0.05) is 19.9 Å². The molecular formula is C12H15NO. The van der Waals surface area contributed by atoms with E-state index in [1.807, 2.05) is 12.1 Å². The Morgan fingerprint density at radius 2 is 2.21 bits per heavy atom. The van der Waals surface area contributed by atoms with Gasteiger partial charge in [0.2, 0.25) is 0 Å². The van der Waals surface area contributed by atoms with Crippen LogP contribution in [0.2, 0.25) is 0 Å². The molecule has 1 aromatic carbocycles. The van der Waals surface area contributed by atoms with E-state index in [0.717, 1.165) is 12.2 Å². The number of nitriles is 1. The highest BCUT2D eigenvalue weighted by Crippen LogP contribution is 2.29. The maximum absolute atomic E-state index is 8.74. The van der Waals surface area contributed by atoms with Gasteiger partial charge in [-0.05, 0) is 30.0 Å². The van der Waals surface area contributed by atoms with Gasteiger partial charge in [-0.25, -0.2) is 0 Å². The highest BCUT2D eigenvalue weighted by molar-refractivity contribution is 5.43. The third-order valence-corrected chi connectivity index (χ3v) is 2.51. The monoisotopic (exact) mass is 189 g/mol. The summed E-state index contributed by atoms with van der Waals surface area (Å²) < 4.78 is 5.26. The minimum absolute atomic E-state index is 0.470. The van der Waals surface area contributed by atoms with Crippen molar-refractivity contribution < 1.29 is 4.74 Å². The number of benzene rings is 1. The molecule has 0 N–H and O–H groups in total. The Kier molecular flexibility index (Phi) is 3.53.